The molecule has 2 amide bonds. The normalized spacial score (nSPS) is 14.6. The molecule has 1 aliphatic rings. The van der Waals surface area contributed by atoms with Crippen molar-refractivity contribution in [2.24, 2.45) is 0 Å². The number of nitrogens with zero attached hydrogens (tertiary/aromatic N) is 2. The Balaban J connectivity index is 1.78. The first-order valence-corrected chi connectivity index (χ1v) is 8.06. The number of rotatable bonds is 7. The van der Waals surface area contributed by atoms with Crippen LogP contribution in [0.25, 0.3) is 0 Å². The van der Waals surface area contributed by atoms with Gasteiger partial charge in [0.25, 0.3) is 5.91 Å². The van der Waals surface area contributed by atoms with E-state index in [1.807, 2.05) is 0 Å². The van der Waals surface area contributed by atoms with E-state index in [9.17, 15) is 9.59 Å². The molecule has 1 aliphatic heterocycles. The van der Waals surface area contributed by atoms with Gasteiger partial charge in [0, 0.05) is 45.4 Å². The summed E-state index contributed by atoms with van der Waals surface area (Å²) in [6.07, 6.45) is 0. The third-order valence-electron chi connectivity index (χ3n) is 4.02. The van der Waals surface area contributed by atoms with Gasteiger partial charge in [-0.25, -0.2) is 0 Å². The lowest BCUT2D eigenvalue weighted by Crippen LogP contribution is -2.52. The van der Waals surface area contributed by atoms with E-state index in [4.69, 9.17) is 9.47 Å². The highest BCUT2D eigenvalue weighted by Crippen LogP contribution is 2.14. The van der Waals surface area contributed by atoms with Gasteiger partial charge in [-0.3, -0.25) is 9.59 Å². The van der Waals surface area contributed by atoms with Crippen LogP contribution in [0.5, 0.6) is 5.75 Å². The van der Waals surface area contributed by atoms with Crippen LogP contribution in [-0.2, 0) is 9.53 Å². The molecular weight excluding hydrogens is 310 g/mol. The van der Waals surface area contributed by atoms with Crippen LogP contribution in [0, 0.1) is 0 Å². The number of benzene rings is 1. The monoisotopic (exact) mass is 335 g/mol. The maximum absolute atomic E-state index is 12.5. The molecule has 24 heavy (non-hydrogen) atoms. The first kappa shape index (κ1) is 18.2. The zero-order chi connectivity index (χ0) is 17.4. The average Bonchev–Trinajstić information content (AvgIpc) is 2.64. The lowest BCUT2D eigenvalue weighted by molar-refractivity contribution is -0.131. The van der Waals surface area contributed by atoms with Gasteiger partial charge >= 0.3 is 0 Å². The summed E-state index contributed by atoms with van der Waals surface area (Å²) in [5.74, 6) is 0.772. The van der Waals surface area contributed by atoms with E-state index in [0.29, 0.717) is 51.4 Å². The largest absolute Gasteiger partial charge is 0.497 e. The van der Waals surface area contributed by atoms with Gasteiger partial charge in [-0.15, -0.1) is 0 Å². The van der Waals surface area contributed by atoms with E-state index >= 15 is 0 Å². The van der Waals surface area contributed by atoms with E-state index in [0.717, 1.165) is 5.75 Å². The quantitative estimate of drug-likeness (QED) is 0.722. The molecule has 0 saturated carbocycles. The number of hydrogen-bond donors (Lipinski definition) is 1. The summed E-state index contributed by atoms with van der Waals surface area (Å²) in [6, 6.07) is 7.08. The Bertz CT molecular complexity index is 539. The van der Waals surface area contributed by atoms with Gasteiger partial charge in [-0.05, 0) is 24.3 Å². The molecule has 0 unspecified atom stereocenters. The van der Waals surface area contributed by atoms with Crippen molar-refractivity contribution in [3.05, 3.63) is 29.8 Å². The van der Waals surface area contributed by atoms with Crippen molar-refractivity contribution in [1.82, 2.24) is 15.1 Å². The lowest BCUT2D eigenvalue weighted by Gasteiger charge is -2.35. The molecule has 0 bridgehead atoms. The van der Waals surface area contributed by atoms with E-state index in [1.54, 1.807) is 48.3 Å². The van der Waals surface area contributed by atoms with Crippen molar-refractivity contribution in [1.29, 1.82) is 0 Å². The van der Waals surface area contributed by atoms with Crippen molar-refractivity contribution in [2.45, 2.75) is 0 Å². The fourth-order valence-electron chi connectivity index (χ4n) is 2.56. The van der Waals surface area contributed by atoms with E-state index < -0.39 is 0 Å². The zero-order valence-electron chi connectivity index (χ0n) is 14.3. The fraction of sp³-hybridized carbons (Fsp3) is 0.529. The maximum Gasteiger partial charge on any atom is 0.253 e. The second kappa shape index (κ2) is 9.24. The third kappa shape index (κ3) is 4.94. The molecule has 7 heteroatoms. The number of carbonyl (C=O) groups excluding carboxylic acids is 2. The second-order valence-corrected chi connectivity index (χ2v) is 5.57. The fourth-order valence-corrected chi connectivity index (χ4v) is 2.56. The summed E-state index contributed by atoms with van der Waals surface area (Å²) < 4.78 is 10.0. The molecule has 0 radical (unpaired) electrons. The number of amides is 2. The molecule has 1 heterocycles. The highest BCUT2D eigenvalue weighted by Gasteiger charge is 2.24. The standard InChI is InChI=1S/C17H25N3O4/c1-23-12-7-18-13-16(21)19-8-10-20(11-9-19)17(22)14-3-5-15(24-2)6-4-14/h3-6,18H,7-13H2,1-2H3. The van der Waals surface area contributed by atoms with Crippen molar-refractivity contribution in [2.75, 3.05) is 60.1 Å². The van der Waals surface area contributed by atoms with Gasteiger partial charge in [-0.2, -0.15) is 0 Å². The molecule has 2 rings (SSSR count). The van der Waals surface area contributed by atoms with Crippen LogP contribution in [0.15, 0.2) is 24.3 Å². The zero-order valence-corrected chi connectivity index (χ0v) is 14.3. The first-order valence-electron chi connectivity index (χ1n) is 8.06. The van der Waals surface area contributed by atoms with E-state index in [2.05, 4.69) is 5.32 Å². The minimum Gasteiger partial charge on any atom is -0.497 e. The smallest absolute Gasteiger partial charge is 0.253 e. The number of methoxy groups -OCH3 is 2. The molecule has 0 atom stereocenters. The third-order valence-corrected chi connectivity index (χ3v) is 4.02. The number of nitrogens with one attached hydrogen (secondary N) is 1. The molecular formula is C17H25N3O4. The number of piperazine rings is 1. The molecule has 1 aromatic carbocycles. The van der Waals surface area contributed by atoms with Gasteiger partial charge < -0.3 is 24.6 Å². The highest BCUT2D eigenvalue weighted by atomic mass is 16.5. The minimum atomic E-state index is -0.0111. The summed E-state index contributed by atoms with van der Waals surface area (Å²) in [4.78, 5) is 28.1. The maximum atomic E-state index is 12.5. The Morgan fingerprint density at radius 3 is 2.25 bits per heavy atom. The van der Waals surface area contributed by atoms with Crippen LogP contribution in [0.1, 0.15) is 10.4 Å². The molecule has 132 valence electrons. The Morgan fingerprint density at radius 2 is 1.67 bits per heavy atom. The molecule has 0 spiro atoms. The van der Waals surface area contributed by atoms with Crippen LogP contribution < -0.4 is 10.1 Å². The topological polar surface area (TPSA) is 71.1 Å². The van der Waals surface area contributed by atoms with E-state index in [1.165, 1.54) is 0 Å². The Kier molecular flexibility index (Phi) is 7.02. The van der Waals surface area contributed by atoms with Gasteiger partial charge in [0.2, 0.25) is 5.91 Å². The van der Waals surface area contributed by atoms with Crippen LogP contribution in [0.3, 0.4) is 0 Å². The van der Waals surface area contributed by atoms with Crippen molar-refractivity contribution in [3.63, 3.8) is 0 Å². The molecule has 1 N–H and O–H groups in total. The van der Waals surface area contributed by atoms with E-state index in [-0.39, 0.29) is 11.8 Å². The molecule has 1 aromatic rings. The Hall–Kier alpha value is -2.12. The Labute approximate surface area is 142 Å². The highest BCUT2D eigenvalue weighted by molar-refractivity contribution is 5.94. The molecule has 0 aliphatic carbocycles. The minimum absolute atomic E-state index is 0.0111. The van der Waals surface area contributed by atoms with Crippen molar-refractivity contribution < 1.29 is 19.1 Å². The van der Waals surface area contributed by atoms with Crippen molar-refractivity contribution in [3.8, 4) is 5.75 Å². The van der Waals surface area contributed by atoms with Gasteiger partial charge in [0.05, 0.1) is 20.3 Å². The van der Waals surface area contributed by atoms with Crippen LogP contribution in [-0.4, -0.2) is 81.7 Å². The number of ether oxygens (including phenoxy) is 2. The Morgan fingerprint density at radius 1 is 1.04 bits per heavy atom. The van der Waals surface area contributed by atoms with Gasteiger partial charge in [0.1, 0.15) is 5.75 Å². The average molecular weight is 335 g/mol. The van der Waals surface area contributed by atoms with Crippen LogP contribution >= 0.6 is 0 Å². The predicted molar refractivity (Wildman–Crippen MR) is 90.2 cm³/mol. The summed E-state index contributed by atoms with van der Waals surface area (Å²) in [5.41, 5.74) is 0.636. The molecule has 1 fully saturated rings. The van der Waals surface area contributed by atoms with Gasteiger partial charge in [-0.1, -0.05) is 0 Å². The first-order chi connectivity index (χ1) is 11.7. The summed E-state index contributed by atoms with van der Waals surface area (Å²) in [5, 5.41) is 3.05. The second-order valence-electron chi connectivity index (χ2n) is 5.57. The number of carbonyl (C=O) groups is 2. The van der Waals surface area contributed by atoms with Crippen LogP contribution in [0.2, 0.25) is 0 Å². The van der Waals surface area contributed by atoms with Crippen LogP contribution in [0.4, 0.5) is 0 Å². The molecule has 7 nitrogen and oxygen atoms in total. The SMILES string of the molecule is COCCNCC(=O)N1CCN(C(=O)c2ccc(OC)cc2)CC1. The summed E-state index contributed by atoms with van der Waals surface area (Å²) in [6.45, 7) is 3.76. The summed E-state index contributed by atoms with van der Waals surface area (Å²) >= 11 is 0. The summed E-state index contributed by atoms with van der Waals surface area (Å²) in [7, 11) is 3.22. The number of hydrogen-bond acceptors (Lipinski definition) is 5. The molecule has 0 aromatic heterocycles. The molecule has 1 saturated heterocycles. The van der Waals surface area contributed by atoms with Gasteiger partial charge in [0.15, 0.2) is 0 Å². The predicted octanol–water partition coefficient (Wildman–Crippen LogP) is 0.216. The lowest BCUT2D eigenvalue weighted by atomic mass is 10.1. The van der Waals surface area contributed by atoms with Crippen molar-refractivity contribution >= 4 is 11.8 Å².